The fraction of sp³-hybridized carbons (Fsp3) is 0.200. The highest BCUT2D eigenvalue weighted by Crippen LogP contribution is 2.34. The van der Waals surface area contributed by atoms with E-state index in [0.29, 0.717) is 34.5 Å². The molecule has 0 unspecified atom stereocenters. The van der Waals surface area contributed by atoms with E-state index in [9.17, 15) is 9.18 Å². The highest BCUT2D eigenvalue weighted by molar-refractivity contribution is 5.94. The van der Waals surface area contributed by atoms with Gasteiger partial charge in [-0.05, 0) is 48.4 Å². The van der Waals surface area contributed by atoms with Crippen LogP contribution >= 0.6 is 0 Å². The van der Waals surface area contributed by atoms with Crippen LogP contribution in [0.25, 0.3) is 22.3 Å². The van der Waals surface area contributed by atoms with E-state index in [-0.39, 0.29) is 19.1 Å². The standard InChI is InChI=1S/C25H21FN4O2/c1-25(26)15-32-14-18-8-7-17(11-20(18)25)24(31)27-13-19-12-23-22(30-29-19)10-9-21(28-23)16-5-3-2-4-6-16/h2-12H,13-15H2,1H3,(H,27,31)/t25-/m1/s1. The summed E-state index contributed by atoms with van der Waals surface area (Å²) in [5.41, 5.74) is 3.87. The summed E-state index contributed by atoms with van der Waals surface area (Å²) in [5, 5.41) is 11.2. The van der Waals surface area contributed by atoms with E-state index in [2.05, 4.69) is 20.5 Å². The van der Waals surface area contributed by atoms with Gasteiger partial charge in [-0.1, -0.05) is 36.4 Å². The zero-order valence-corrected chi connectivity index (χ0v) is 17.5. The lowest BCUT2D eigenvalue weighted by Gasteiger charge is -2.29. The van der Waals surface area contributed by atoms with Crippen molar-refractivity contribution in [2.45, 2.75) is 25.7 Å². The molecule has 4 aromatic rings. The Kier molecular flexibility index (Phi) is 5.11. The van der Waals surface area contributed by atoms with E-state index >= 15 is 0 Å². The first-order valence-corrected chi connectivity index (χ1v) is 10.4. The maximum Gasteiger partial charge on any atom is 0.251 e. The summed E-state index contributed by atoms with van der Waals surface area (Å²) in [6.45, 7) is 1.98. The van der Waals surface area contributed by atoms with Crippen LogP contribution in [0.2, 0.25) is 0 Å². The fourth-order valence-corrected chi connectivity index (χ4v) is 3.85. The first-order valence-electron chi connectivity index (χ1n) is 10.4. The molecular weight excluding hydrogens is 407 g/mol. The molecule has 0 aliphatic carbocycles. The van der Waals surface area contributed by atoms with Crippen molar-refractivity contribution in [2.24, 2.45) is 0 Å². The van der Waals surface area contributed by atoms with Crippen molar-refractivity contribution in [2.75, 3.05) is 6.61 Å². The second-order valence-electron chi connectivity index (χ2n) is 8.05. The van der Waals surface area contributed by atoms with Gasteiger partial charge in [0.1, 0.15) is 5.52 Å². The molecule has 32 heavy (non-hydrogen) atoms. The minimum Gasteiger partial charge on any atom is -0.373 e. The monoisotopic (exact) mass is 428 g/mol. The number of fused-ring (bicyclic) bond motifs is 2. The molecule has 0 saturated carbocycles. The van der Waals surface area contributed by atoms with Crippen LogP contribution in [0.1, 0.15) is 34.1 Å². The Morgan fingerprint density at radius 2 is 1.91 bits per heavy atom. The lowest BCUT2D eigenvalue weighted by molar-refractivity contribution is -0.00467. The third-order valence-corrected chi connectivity index (χ3v) is 5.56. The number of pyridine rings is 1. The molecule has 0 bridgehead atoms. The van der Waals surface area contributed by atoms with Gasteiger partial charge in [-0.3, -0.25) is 4.79 Å². The Labute approximate surface area is 184 Å². The third-order valence-electron chi connectivity index (χ3n) is 5.56. The first kappa shape index (κ1) is 20.2. The SMILES string of the molecule is C[C@@]1(F)COCc2ccc(C(=O)NCc3cc4nc(-c5ccccc5)ccc4nn3)cc21. The van der Waals surface area contributed by atoms with E-state index in [0.717, 1.165) is 16.8 Å². The highest BCUT2D eigenvalue weighted by atomic mass is 19.1. The van der Waals surface area contributed by atoms with Crippen molar-refractivity contribution < 1.29 is 13.9 Å². The number of amides is 1. The number of halogens is 1. The molecule has 6 nitrogen and oxygen atoms in total. The molecule has 1 atom stereocenters. The largest absolute Gasteiger partial charge is 0.373 e. The molecule has 1 N–H and O–H groups in total. The number of carbonyl (C=O) groups is 1. The summed E-state index contributed by atoms with van der Waals surface area (Å²) in [4.78, 5) is 17.4. The summed E-state index contributed by atoms with van der Waals surface area (Å²) in [7, 11) is 0. The van der Waals surface area contributed by atoms with Crippen LogP contribution in [0.5, 0.6) is 0 Å². The van der Waals surface area contributed by atoms with Crippen LogP contribution in [0.4, 0.5) is 4.39 Å². The van der Waals surface area contributed by atoms with Gasteiger partial charge in [0.2, 0.25) is 0 Å². The Morgan fingerprint density at radius 3 is 2.75 bits per heavy atom. The van der Waals surface area contributed by atoms with Crippen molar-refractivity contribution in [1.82, 2.24) is 20.5 Å². The average Bonchev–Trinajstić information content (AvgIpc) is 2.82. The Balaban J connectivity index is 1.34. The normalized spacial score (nSPS) is 17.7. The zero-order valence-electron chi connectivity index (χ0n) is 17.5. The molecule has 0 fully saturated rings. The van der Waals surface area contributed by atoms with E-state index in [1.54, 1.807) is 18.2 Å². The van der Waals surface area contributed by atoms with Gasteiger partial charge < -0.3 is 10.1 Å². The van der Waals surface area contributed by atoms with Crippen LogP contribution in [0, 0.1) is 0 Å². The van der Waals surface area contributed by atoms with Gasteiger partial charge in [0.25, 0.3) is 5.91 Å². The molecule has 0 radical (unpaired) electrons. The number of nitrogens with one attached hydrogen (secondary N) is 1. The number of rotatable bonds is 4. The topological polar surface area (TPSA) is 77.0 Å². The van der Waals surface area contributed by atoms with Gasteiger partial charge >= 0.3 is 0 Å². The lowest BCUT2D eigenvalue weighted by atomic mass is 9.90. The van der Waals surface area contributed by atoms with Crippen molar-refractivity contribution in [3.05, 3.63) is 89.1 Å². The third kappa shape index (κ3) is 3.94. The second kappa shape index (κ2) is 8.09. The van der Waals surface area contributed by atoms with E-state index in [1.807, 2.05) is 48.5 Å². The summed E-state index contributed by atoms with van der Waals surface area (Å²) < 4.78 is 20.1. The Bertz CT molecular complexity index is 1310. The van der Waals surface area contributed by atoms with Crippen LogP contribution in [0.15, 0.2) is 66.7 Å². The van der Waals surface area contributed by atoms with E-state index in [4.69, 9.17) is 4.74 Å². The maximum atomic E-state index is 14.8. The smallest absolute Gasteiger partial charge is 0.251 e. The molecule has 160 valence electrons. The predicted molar refractivity (Wildman–Crippen MR) is 118 cm³/mol. The molecule has 0 spiro atoms. The number of ether oxygens (including phenoxy) is 1. The van der Waals surface area contributed by atoms with Gasteiger partial charge in [-0.2, -0.15) is 5.10 Å². The quantitative estimate of drug-likeness (QED) is 0.523. The predicted octanol–water partition coefficient (Wildman–Crippen LogP) is 4.34. The van der Waals surface area contributed by atoms with Crippen molar-refractivity contribution >= 4 is 16.9 Å². The van der Waals surface area contributed by atoms with Crippen molar-refractivity contribution in [3.8, 4) is 11.3 Å². The van der Waals surface area contributed by atoms with Crippen LogP contribution < -0.4 is 5.32 Å². The van der Waals surface area contributed by atoms with Crippen LogP contribution in [-0.4, -0.2) is 27.7 Å². The average molecular weight is 428 g/mol. The van der Waals surface area contributed by atoms with Gasteiger partial charge in [-0.15, -0.1) is 5.10 Å². The molecule has 3 heterocycles. The molecule has 1 aliphatic heterocycles. The van der Waals surface area contributed by atoms with Crippen molar-refractivity contribution in [3.63, 3.8) is 0 Å². The first-order chi connectivity index (χ1) is 15.5. The molecule has 2 aromatic carbocycles. The molecule has 2 aromatic heterocycles. The van der Waals surface area contributed by atoms with Gasteiger partial charge in [0.15, 0.2) is 5.67 Å². The number of nitrogens with zero attached hydrogens (tertiary/aromatic N) is 3. The number of hydrogen-bond donors (Lipinski definition) is 1. The zero-order chi connectivity index (χ0) is 22.1. The van der Waals surface area contributed by atoms with Gasteiger partial charge in [0, 0.05) is 11.1 Å². The summed E-state index contributed by atoms with van der Waals surface area (Å²) >= 11 is 0. The number of carbonyl (C=O) groups excluding carboxylic acids is 1. The van der Waals surface area contributed by atoms with Gasteiger partial charge in [-0.25, -0.2) is 9.37 Å². The number of aromatic nitrogens is 3. The Hall–Kier alpha value is -3.71. The van der Waals surface area contributed by atoms with Crippen LogP contribution in [0.3, 0.4) is 0 Å². The highest BCUT2D eigenvalue weighted by Gasteiger charge is 2.33. The number of benzene rings is 2. The number of alkyl halides is 1. The maximum absolute atomic E-state index is 14.8. The number of hydrogen-bond acceptors (Lipinski definition) is 5. The van der Waals surface area contributed by atoms with Crippen molar-refractivity contribution in [1.29, 1.82) is 0 Å². The molecule has 5 rings (SSSR count). The Morgan fingerprint density at radius 1 is 1.06 bits per heavy atom. The molecule has 1 amide bonds. The molecule has 0 saturated heterocycles. The fourth-order valence-electron chi connectivity index (χ4n) is 3.85. The molecule has 1 aliphatic rings. The molecular formula is C25H21FN4O2. The minimum absolute atomic E-state index is 0.0181. The van der Waals surface area contributed by atoms with E-state index < -0.39 is 5.67 Å². The summed E-state index contributed by atoms with van der Waals surface area (Å²) in [6, 6.07) is 20.5. The van der Waals surface area contributed by atoms with Gasteiger partial charge in [0.05, 0.1) is 36.7 Å². The minimum atomic E-state index is -1.62. The molecule has 7 heteroatoms. The second-order valence-corrected chi connectivity index (χ2v) is 8.05. The van der Waals surface area contributed by atoms with E-state index in [1.165, 1.54) is 6.92 Å². The lowest BCUT2D eigenvalue weighted by Crippen LogP contribution is -2.30. The summed E-state index contributed by atoms with van der Waals surface area (Å²) in [6.07, 6.45) is 0. The van der Waals surface area contributed by atoms with Crippen LogP contribution in [-0.2, 0) is 23.6 Å². The summed E-state index contributed by atoms with van der Waals surface area (Å²) in [5.74, 6) is -0.303.